The van der Waals surface area contributed by atoms with E-state index in [0.717, 1.165) is 24.0 Å². The zero-order valence-electron chi connectivity index (χ0n) is 20.2. The van der Waals surface area contributed by atoms with E-state index in [-0.39, 0.29) is 17.9 Å². The molecule has 1 saturated heterocycles. The van der Waals surface area contributed by atoms with Gasteiger partial charge in [0, 0.05) is 31.3 Å². The van der Waals surface area contributed by atoms with Crippen LogP contribution in [0.4, 0.5) is 13.6 Å². The molecule has 3 rings (SSSR count). The molecule has 2 aliphatic rings. The van der Waals surface area contributed by atoms with Crippen LogP contribution in [0.15, 0.2) is 24.4 Å². The number of aromatic nitrogens is 1. The summed E-state index contributed by atoms with van der Waals surface area (Å²) in [6, 6.07) is 3.80. The van der Waals surface area contributed by atoms with E-state index in [1.165, 1.54) is 0 Å². The lowest BCUT2D eigenvalue weighted by atomic mass is 9.86. The molecule has 2 heterocycles. The SMILES string of the molecule is CC(C)(C)OC(=O)N1CCC(COc2ccc(C3=CCC(C(=O)NCC(F)F)CC3)cn2)CC1. The molecule has 1 aliphatic carbocycles. The van der Waals surface area contributed by atoms with Gasteiger partial charge in [-0.3, -0.25) is 4.79 Å². The van der Waals surface area contributed by atoms with Gasteiger partial charge < -0.3 is 19.7 Å². The molecule has 1 aliphatic heterocycles. The molecule has 188 valence electrons. The van der Waals surface area contributed by atoms with Crippen molar-refractivity contribution in [3.05, 3.63) is 30.0 Å². The number of carbonyl (C=O) groups excluding carboxylic acids is 2. The zero-order valence-corrected chi connectivity index (χ0v) is 20.2. The van der Waals surface area contributed by atoms with Crippen molar-refractivity contribution in [3.63, 3.8) is 0 Å². The topological polar surface area (TPSA) is 80.8 Å². The Kier molecular flexibility index (Phi) is 8.85. The van der Waals surface area contributed by atoms with Gasteiger partial charge in [0.05, 0.1) is 13.2 Å². The van der Waals surface area contributed by atoms with Crippen LogP contribution in [-0.4, -0.2) is 60.2 Å². The molecular formula is C25H35F2N3O4. The standard InChI is InChI=1S/C25H35F2N3O4/c1-25(2,3)34-24(32)30-12-10-17(11-13-30)16-33-22-9-8-20(14-28-22)18-4-6-19(7-5-18)23(31)29-15-21(26)27/h4,8-9,14,17,19,21H,5-7,10-13,15-16H2,1-3H3,(H,29,31). The minimum atomic E-state index is -2.53. The predicted octanol–water partition coefficient (Wildman–Crippen LogP) is 4.67. The number of piperidine rings is 1. The lowest BCUT2D eigenvalue weighted by molar-refractivity contribution is -0.125. The number of ether oxygens (including phenoxy) is 2. The number of carbonyl (C=O) groups is 2. The van der Waals surface area contributed by atoms with Gasteiger partial charge in [0.15, 0.2) is 0 Å². The van der Waals surface area contributed by atoms with Crippen molar-refractivity contribution >= 4 is 17.6 Å². The van der Waals surface area contributed by atoms with Gasteiger partial charge in [-0.25, -0.2) is 18.6 Å². The second kappa shape index (κ2) is 11.6. The van der Waals surface area contributed by atoms with Crippen molar-refractivity contribution in [1.82, 2.24) is 15.2 Å². The van der Waals surface area contributed by atoms with Crippen molar-refractivity contribution in [2.75, 3.05) is 26.2 Å². The molecule has 1 aromatic heterocycles. The Morgan fingerprint density at radius 1 is 1.21 bits per heavy atom. The fourth-order valence-corrected chi connectivity index (χ4v) is 4.12. The van der Waals surface area contributed by atoms with Gasteiger partial charge in [0.25, 0.3) is 6.43 Å². The molecule has 7 nitrogen and oxygen atoms in total. The molecule has 1 unspecified atom stereocenters. The average molecular weight is 480 g/mol. The van der Waals surface area contributed by atoms with Gasteiger partial charge in [0.1, 0.15) is 5.60 Å². The molecule has 2 amide bonds. The van der Waals surface area contributed by atoms with Gasteiger partial charge in [-0.2, -0.15) is 0 Å². The molecule has 1 N–H and O–H groups in total. The third kappa shape index (κ3) is 7.95. The molecule has 1 fully saturated rings. The van der Waals surface area contributed by atoms with Crippen molar-refractivity contribution in [2.24, 2.45) is 11.8 Å². The summed E-state index contributed by atoms with van der Waals surface area (Å²) in [6.07, 6.45) is 4.54. The second-order valence-electron chi connectivity index (χ2n) is 9.94. The van der Waals surface area contributed by atoms with Crippen LogP contribution in [0.5, 0.6) is 5.88 Å². The van der Waals surface area contributed by atoms with Crippen LogP contribution in [0.25, 0.3) is 5.57 Å². The maximum atomic E-state index is 12.3. The van der Waals surface area contributed by atoms with Crippen LogP contribution in [0.3, 0.4) is 0 Å². The Morgan fingerprint density at radius 3 is 2.50 bits per heavy atom. The highest BCUT2D eigenvalue weighted by atomic mass is 19.3. The summed E-state index contributed by atoms with van der Waals surface area (Å²) in [5.74, 6) is 0.336. The number of likely N-dealkylation sites (tertiary alicyclic amines) is 1. The summed E-state index contributed by atoms with van der Waals surface area (Å²) in [5.41, 5.74) is 1.59. The van der Waals surface area contributed by atoms with E-state index in [1.807, 2.05) is 39.0 Å². The average Bonchev–Trinajstić information content (AvgIpc) is 2.81. The van der Waals surface area contributed by atoms with Crippen LogP contribution >= 0.6 is 0 Å². The van der Waals surface area contributed by atoms with Gasteiger partial charge in [-0.05, 0) is 76.0 Å². The Balaban J connectivity index is 1.41. The van der Waals surface area contributed by atoms with Crippen molar-refractivity contribution in [3.8, 4) is 5.88 Å². The molecule has 34 heavy (non-hydrogen) atoms. The van der Waals surface area contributed by atoms with E-state index < -0.39 is 18.6 Å². The van der Waals surface area contributed by atoms with Gasteiger partial charge >= 0.3 is 6.09 Å². The lowest BCUT2D eigenvalue weighted by Gasteiger charge is -2.33. The molecule has 0 radical (unpaired) electrons. The first-order valence-electron chi connectivity index (χ1n) is 11.9. The molecular weight excluding hydrogens is 444 g/mol. The number of allylic oxidation sites excluding steroid dienone is 2. The molecule has 0 bridgehead atoms. The van der Waals surface area contributed by atoms with Crippen LogP contribution in [0.1, 0.15) is 58.4 Å². The summed E-state index contributed by atoms with van der Waals surface area (Å²) >= 11 is 0. The van der Waals surface area contributed by atoms with Gasteiger partial charge in [-0.1, -0.05) is 6.08 Å². The molecule has 0 aromatic carbocycles. The Morgan fingerprint density at radius 2 is 1.94 bits per heavy atom. The highest BCUT2D eigenvalue weighted by Crippen LogP contribution is 2.30. The first kappa shape index (κ1) is 25.9. The Labute approximate surface area is 199 Å². The van der Waals surface area contributed by atoms with Gasteiger partial charge in [-0.15, -0.1) is 0 Å². The smallest absolute Gasteiger partial charge is 0.410 e. The normalized spacial score (nSPS) is 19.5. The number of alkyl halides is 2. The predicted molar refractivity (Wildman–Crippen MR) is 125 cm³/mol. The molecule has 1 aromatic rings. The maximum absolute atomic E-state index is 12.3. The van der Waals surface area contributed by atoms with E-state index in [0.29, 0.717) is 50.8 Å². The van der Waals surface area contributed by atoms with Crippen LogP contribution < -0.4 is 10.1 Å². The van der Waals surface area contributed by atoms with E-state index in [1.54, 1.807) is 11.1 Å². The van der Waals surface area contributed by atoms with E-state index in [9.17, 15) is 18.4 Å². The fraction of sp³-hybridized carbons (Fsp3) is 0.640. The van der Waals surface area contributed by atoms with E-state index in [2.05, 4.69) is 10.3 Å². The lowest BCUT2D eigenvalue weighted by Crippen LogP contribution is -2.42. The van der Waals surface area contributed by atoms with Crippen molar-refractivity contribution in [2.45, 2.75) is 64.9 Å². The number of nitrogens with one attached hydrogen (secondary N) is 1. The highest BCUT2D eigenvalue weighted by molar-refractivity contribution is 5.80. The minimum absolute atomic E-state index is 0.263. The van der Waals surface area contributed by atoms with Crippen molar-refractivity contribution in [1.29, 1.82) is 0 Å². The summed E-state index contributed by atoms with van der Waals surface area (Å²) < 4.78 is 35.9. The zero-order chi connectivity index (χ0) is 24.7. The number of pyridine rings is 1. The number of hydrogen-bond acceptors (Lipinski definition) is 5. The number of nitrogens with zero attached hydrogens (tertiary/aromatic N) is 2. The number of rotatable bonds is 7. The highest BCUT2D eigenvalue weighted by Gasteiger charge is 2.27. The Bertz CT molecular complexity index is 860. The second-order valence-corrected chi connectivity index (χ2v) is 9.94. The monoisotopic (exact) mass is 479 g/mol. The fourth-order valence-electron chi connectivity index (χ4n) is 4.12. The van der Waals surface area contributed by atoms with Crippen molar-refractivity contribution < 1.29 is 27.8 Å². The maximum Gasteiger partial charge on any atom is 0.410 e. The number of halogens is 2. The summed E-state index contributed by atoms with van der Waals surface area (Å²) in [5, 5.41) is 2.30. The summed E-state index contributed by atoms with van der Waals surface area (Å²) in [7, 11) is 0. The minimum Gasteiger partial charge on any atom is -0.477 e. The quantitative estimate of drug-likeness (QED) is 0.615. The molecule has 9 heteroatoms. The van der Waals surface area contributed by atoms with E-state index >= 15 is 0 Å². The first-order chi connectivity index (χ1) is 16.1. The Hall–Kier alpha value is -2.71. The summed E-state index contributed by atoms with van der Waals surface area (Å²) in [4.78, 5) is 30.3. The van der Waals surface area contributed by atoms with Crippen LogP contribution in [0.2, 0.25) is 0 Å². The third-order valence-corrected chi connectivity index (χ3v) is 6.05. The first-order valence-corrected chi connectivity index (χ1v) is 11.9. The van der Waals surface area contributed by atoms with Crippen LogP contribution in [-0.2, 0) is 9.53 Å². The van der Waals surface area contributed by atoms with Gasteiger partial charge in [0.2, 0.25) is 11.8 Å². The number of amides is 2. The molecule has 0 spiro atoms. The number of hydrogen-bond donors (Lipinski definition) is 1. The third-order valence-electron chi connectivity index (χ3n) is 6.05. The summed E-state index contributed by atoms with van der Waals surface area (Å²) in [6.45, 7) is 6.86. The molecule has 0 saturated carbocycles. The largest absolute Gasteiger partial charge is 0.477 e. The van der Waals surface area contributed by atoms with E-state index in [4.69, 9.17) is 9.47 Å². The van der Waals surface area contributed by atoms with Crippen LogP contribution in [0, 0.1) is 11.8 Å². The molecule has 1 atom stereocenters.